The van der Waals surface area contributed by atoms with E-state index in [0.717, 1.165) is 38.5 Å². The van der Waals surface area contributed by atoms with Gasteiger partial charge < -0.3 is 16.2 Å². The summed E-state index contributed by atoms with van der Waals surface area (Å²) in [5, 5.41) is 12.2. The number of rotatable bonds is 10. The van der Waals surface area contributed by atoms with Crippen LogP contribution in [0.15, 0.2) is 0 Å². The minimum absolute atomic E-state index is 0.0272. The second-order valence-electron chi connectivity index (χ2n) is 6.34. The average Bonchev–Trinajstić information content (AvgIpc) is 2.93. The fourth-order valence-corrected chi connectivity index (χ4v) is 3.29. The lowest BCUT2D eigenvalue weighted by molar-refractivity contribution is -0.148. The van der Waals surface area contributed by atoms with E-state index in [1.54, 1.807) is 0 Å². The highest BCUT2D eigenvalue weighted by Crippen LogP contribution is 2.37. The molecule has 0 aromatic rings. The lowest BCUT2D eigenvalue weighted by atomic mass is 9.86. The number of nitrogens with two attached hydrogens (primary N) is 1. The maximum atomic E-state index is 11.9. The molecule has 0 heterocycles. The van der Waals surface area contributed by atoms with Crippen LogP contribution in [-0.4, -0.2) is 30.1 Å². The highest BCUT2D eigenvalue weighted by molar-refractivity contribution is 5.79. The highest BCUT2D eigenvalue weighted by Gasteiger charge is 2.41. The summed E-state index contributed by atoms with van der Waals surface area (Å²) in [5.74, 6) is -0.293. The summed E-state index contributed by atoms with van der Waals surface area (Å²) >= 11 is 0. The molecule has 0 bridgehead atoms. The Labute approximate surface area is 127 Å². The first-order chi connectivity index (χ1) is 10.0. The topological polar surface area (TPSA) is 92.4 Å². The first-order valence-corrected chi connectivity index (χ1v) is 8.24. The lowest BCUT2D eigenvalue weighted by Gasteiger charge is -2.24. The number of amides is 1. The minimum Gasteiger partial charge on any atom is -0.481 e. The number of carbonyl (C=O) groups excluding carboxylic acids is 1. The molecule has 1 unspecified atom stereocenters. The van der Waals surface area contributed by atoms with Crippen LogP contribution in [-0.2, 0) is 9.59 Å². The number of hydrogen-bond acceptors (Lipinski definition) is 3. The van der Waals surface area contributed by atoms with Gasteiger partial charge in [0, 0.05) is 13.0 Å². The van der Waals surface area contributed by atoms with Crippen molar-refractivity contribution < 1.29 is 14.7 Å². The maximum Gasteiger partial charge on any atom is 0.311 e. The van der Waals surface area contributed by atoms with E-state index in [0.29, 0.717) is 31.7 Å². The molecule has 5 heteroatoms. The summed E-state index contributed by atoms with van der Waals surface area (Å²) in [6.45, 7) is 3.07. The van der Waals surface area contributed by atoms with Crippen LogP contribution in [0.25, 0.3) is 0 Å². The summed E-state index contributed by atoms with van der Waals surface area (Å²) in [4.78, 5) is 23.3. The van der Waals surface area contributed by atoms with E-state index in [2.05, 4.69) is 12.2 Å². The molecule has 1 fully saturated rings. The number of carboxylic acids is 1. The normalized spacial score (nSPS) is 18.4. The molecule has 0 aromatic heterocycles. The monoisotopic (exact) mass is 298 g/mol. The highest BCUT2D eigenvalue weighted by atomic mass is 16.4. The van der Waals surface area contributed by atoms with Crippen LogP contribution in [0.4, 0.5) is 0 Å². The average molecular weight is 298 g/mol. The van der Waals surface area contributed by atoms with E-state index < -0.39 is 11.4 Å². The predicted molar refractivity (Wildman–Crippen MR) is 82.8 cm³/mol. The van der Waals surface area contributed by atoms with Crippen molar-refractivity contribution in [3.05, 3.63) is 0 Å². The first kappa shape index (κ1) is 18.0. The Morgan fingerprint density at radius 3 is 2.43 bits per heavy atom. The molecular formula is C16H30N2O3. The van der Waals surface area contributed by atoms with Crippen LogP contribution in [0.3, 0.4) is 0 Å². The van der Waals surface area contributed by atoms with E-state index >= 15 is 0 Å². The lowest BCUT2D eigenvalue weighted by Crippen LogP contribution is -2.41. The molecule has 5 nitrogen and oxygen atoms in total. The molecule has 0 spiro atoms. The molecule has 21 heavy (non-hydrogen) atoms. The summed E-state index contributed by atoms with van der Waals surface area (Å²) in [7, 11) is 0. The van der Waals surface area contributed by atoms with E-state index in [1.807, 2.05) is 0 Å². The van der Waals surface area contributed by atoms with Crippen LogP contribution in [0, 0.1) is 11.3 Å². The van der Waals surface area contributed by atoms with E-state index in [4.69, 9.17) is 5.73 Å². The quantitative estimate of drug-likeness (QED) is 0.577. The van der Waals surface area contributed by atoms with Gasteiger partial charge in [-0.3, -0.25) is 9.59 Å². The second kappa shape index (κ2) is 9.03. The molecule has 1 rings (SSSR count). The predicted octanol–water partition coefficient (Wildman–Crippen LogP) is 2.29. The van der Waals surface area contributed by atoms with Gasteiger partial charge in [-0.05, 0) is 38.1 Å². The summed E-state index contributed by atoms with van der Waals surface area (Å²) in [5.41, 5.74) is 4.87. The molecule has 1 saturated carbocycles. The maximum absolute atomic E-state index is 11.9. The number of carboxylic acid groups (broad SMARTS) is 1. The van der Waals surface area contributed by atoms with Crippen molar-refractivity contribution in [2.45, 2.75) is 64.7 Å². The smallest absolute Gasteiger partial charge is 0.311 e. The number of carbonyl (C=O) groups is 2. The molecule has 1 aliphatic carbocycles. The van der Waals surface area contributed by atoms with E-state index in [1.165, 1.54) is 0 Å². The number of nitrogens with one attached hydrogen (secondary N) is 1. The Hall–Kier alpha value is -1.10. The molecule has 0 radical (unpaired) electrons. The van der Waals surface area contributed by atoms with Crippen molar-refractivity contribution in [2.24, 2.45) is 17.1 Å². The largest absolute Gasteiger partial charge is 0.481 e. The van der Waals surface area contributed by atoms with Gasteiger partial charge in [0.2, 0.25) is 5.91 Å². The molecule has 122 valence electrons. The van der Waals surface area contributed by atoms with Crippen LogP contribution in [0.2, 0.25) is 0 Å². The van der Waals surface area contributed by atoms with Crippen LogP contribution < -0.4 is 11.1 Å². The zero-order chi connectivity index (χ0) is 15.7. The standard InChI is InChI=1S/C16H30N2O3/c1-2-5-13(8-11-17)6-7-14(19)18-12-16(15(20)21)9-3-4-10-16/h13H,2-12,17H2,1H3,(H,18,19)(H,20,21). The fraction of sp³-hybridized carbons (Fsp3) is 0.875. The SMILES string of the molecule is CCCC(CCN)CCC(=O)NCC1(C(=O)O)CCCC1. The summed E-state index contributed by atoms with van der Waals surface area (Å²) < 4.78 is 0. The molecule has 1 amide bonds. The number of hydrogen-bond donors (Lipinski definition) is 3. The Morgan fingerprint density at radius 1 is 1.24 bits per heavy atom. The van der Waals surface area contributed by atoms with Crippen LogP contribution in [0.5, 0.6) is 0 Å². The van der Waals surface area contributed by atoms with Crippen LogP contribution in [0.1, 0.15) is 64.7 Å². The second-order valence-corrected chi connectivity index (χ2v) is 6.34. The Morgan fingerprint density at radius 2 is 1.90 bits per heavy atom. The third-order valence-electron chi connectivity index (χ3n) is 4.69. The number of aliphatic carboxylic acids is 1. The zero-order valence-corrected chi connectivity index (χ0v) is 13.2. The Bertz CT molecular complexity index is 332. The Kier molecular flexibility index (Phi) is 7.72. The van der Waals surface area contributed by atoms with Gasteiger partial charge in [-0.2, -0.15) is 0 Å². The van der Waals surface area contributed by atoms with Crippen molar-refractivity contribution in [3.8, 4) is 0 Å². The molecule has 4 N–H and O–H groups in total. The van der Waals surface area contributed by atoms with E-state index in [9.17, 15) is 14.7 Å². The van der Waals surface area contributed by atoms with Gasteiger partial charge in [0.15, 0.2) is 0 Å². The van der Waals surface area contributed by atoms with Crippen LogP contribution >= 0.6 is 0 Å². The molecule has 0 aliphatic heterocycles. The molecule has 0 aromatic carbocycles. The van der Waals surface area contributed by atoms with Gasteiger partial charge in [-0.25, -0.2) is 0 Å². The summed E-state index contributed by atoms with van der Waals surface area (Å²) in [6.07, 6.45) is 7.71. The van der Waals surface area contributed by atoms with Crippen molar-refractivity contribution >= 4 is 11.9 Å². The minimum atomic E-state index is -0.771. The van der Waals surface area contributed by atoms with Gasteiger partial charge in [0.05, 0.1) is 5.41 Å². The fourth-order valence-electron chi connectivity index (χ4n) is 3.29. The van der Waals surface area contributed by atoms with Crippen molar-refractivity contribution in [1.29, 1.82) is 0 Å². The van der Waals surface area contributed by atoms with Gasteiger partial charge in [-0.1, -0.05) is 32.6 Å². The third-order valence-corrected chi connectivity index (χ3v) is 4.69. The van der Waals surface area contributed by atoms with Gasteiger partial charge in [0.1, 0.15) is 0 Å². The third kappa shape index (κ3) is 5.65. The van der Waals surface area contributed by atoms with Crippen molar-refractivity contribution in [2.75, 3.05) is 13.1 Å². The molecule has 0 saturated heterocycles. The van der Waals surface area contributed by atoms with Gasteiger partial charge >= 0.3 is 5.97 Å². The van der Waals surface area contributed by atoms with Crippen molar-refractivity contribution in [3.63, 3.8) is 0 Å². The zero-order valence-electron chi connectivity index (χ0n) is 13.2. The molecular weight excluding hydrogens is 268 g/mol. The first-order valence-electron chi connectivity index (χ1n) is 8.24. The van der Waals surface area contributed by atoms with Crippen molar-refractivity contribution in [1.82, 2.24) is 5.32 Å². The van der Waals surface area contributed by atoms with Gasteiger partial charge in [0.25, 0.3) is 0 Å². The molecule has 1 atom stereocenters. The Balaban J connectivity index is 2.34. The van der Waals surface area contributed by atoms with E-state index in [-0.39, 0.29) is 12.5 Å². The molecule has 1 aliphatic rings. The summed E-state index contributed by atoms with van der Waals surface area (Å²) in [6, 6.07) is 0. The van der Waals surface area contributed by atoms with Gasteiger partial charge in [-0.15, -0.1) is 0 Å².